The van der Waals surface area contributed by atoms with Crippen LogP contribution in [0.15, 0.2) is 73.4 Å². The first kappa shape index (κ1) is 20.3. The second kappa shape index (κ2) is 8.88. The summed E-state index contributed by atoms with van der Waals surface area (Å²) in [6.07, 6.45) is 10.6. The molecular weight excluding hydrogens is 402 g/mol. The summed E-state index contributed by atoms with van der Waals surface area (Å²) in [5.41, 5.74) is 4.37. The van der Waals surface area contributed by atoms with Gasteiger partial charge in [0.05, 0.1) is 25.9 Å². The highest BCUT2D eigenvalue weighted by Crippen LogP contribution is 2.44. The summed E-state index contributed by atoms with van der Waals surface area (Å²) in [5, 5.41) is 3.77. The van der Waals surface area contributed by atoms with Crippen molar-refractivity contribution in [2.24, 2.45) is 0 Å². The van der Waals surface area contributed by atoms with Crippen LogP contribution in [0.25, 0.3) is 5.65 Å². The first-order valence-electron chi connectivity index (χ1n) is 10.8. The van der Waals surface area contributed by atoms with Crippen molar-refractivity contribution in [3.63, 3.8) is 0 Å². The molecule has 4 heterocycles. The average molecular weight is 430 g/mol. The predicted molar refractivity (Wildman–Crippen MR) is 124 cm³/mol. The van der Waals surface area contributed by atoms with Gasteiger partial charge in [-0.1, -0.05) is 12.1 Å². The van der Waals surface area contributed by atoms with E-state index in [4.69, 9.17) is 9.47 Å². The normalized spacial score (nSPS) is 18.2. The third-order valence-electron chi connectivity index (χ3n) is 6.14. The molecule has 7 nitrogen and oxygen atoms in total. The molecule has 0 bridgehead atoms. The molecule has 1 aliphatic heterocycles. The summed E-state index contributed by atoms with van der Waals surface area (Å²) < 4.78 is 13.4. The van der Waals surface area contributed by atoms with Crippen LogP contribution in [-0.4, -0.2) is 41.2 Å². The van der Waals surface area contributed by atoms with Gasteiger partial charge in [-0.25, -0.2) is 4.98 Å². The molecule has 0 radical (unpaired) electrons. The zero-order valence-electron chi connectivity index (χ0n) is 18.3. The van der Waals surface area contributed by atoms with Crippen molar-refractivity contribution in [2.75, 3.05) is 25.7 Å². The van der Waals surface area contributed by atoms with Gasteiger partial charge < -0.3 is 24.1 Å². The molecule has 1 fully saturated rings. The molecule has 2 atom stereocenters. The number of hydrogen-bond donors (Lipinski definition) is 1. The molecular formula is C25H27N5O2. The lowest BCUT2D eigenvalue weighted by Crippen LogP contribution is -2.36. The summed E-state index contributed by atoms with van der Waals surface area (Å²) >= 11 is 0. The second-order valence-electron chi connectivity index (χ2n) is 7.94. The van der Waals surface area contributed by atoms with E-state index in [-0.39, 0.29) is 12.1 Å². The quantitative estimate of drug-likeness (QED) is 0.481. The van der Waals surface area contributed by atoms with Crippen molar-refractivity contribution >= 4 is 11.3 Å². The molecule has 3 aromatic heterocycles. The Bertz CT molecular complexity index is 1190. The Morgan fingerprint density at radius 1 is 1.06 bits per heavy atom. The number of methoxy groups -OCH3 is 2. The zero-order valence-corrected chi connectivity index (χ0v) is 18.3. The largest absolute Gasteiger partial charge is 0.493 e. The van der Waals surface area contributed by atoms with E-state index in [1.54, 1.807) is 20.4 Å². The second-order valence-corrected chi connectivity index (χ2v) is 7.94. The molecule has 1 aromatic carbocycles. The fourth-order valence-corrected chi connectivity index (χ4v) is 4.65. The minimum Gasteiger partial charge on any atom is -0.493 e. The first-order valence-corrected chi connectivity index (χ1v) is 10.8. The van der Waals surface area contributed by atoms with E-state index in [1.165, 1.54) is 11.1 Å². The van der Waals surface area contributed by atoms with Crippen LogP contribution in [0.4, 0.5) is 5.69 Å². The lowest BCUT2D eigenvalue weighted by molar-refractivity contribution is 0.354. The fraction of sp³-hybridized carbons (Fsp3) is 0.280. The van der Waals surface area contributed by atoms with Crippen LogP contribution in [0, 0.1) is 0 Å². The Labute approximate surface area is 187 Å². The van der Waals surface area contributed by atoms with E-state index in [0.717, 1.165) is 42.3 Å². The lowest BCUT2D eigenvalue weighted by Gasteiger charge is -2.32. The Morgan fingerprint density at radius 3 is 2.81 bits per heavy atom. The third-order valence-corrected chi connectivity index (χ3v) is 6.14. The minimum atomic E-state index is 0.120. The number of aromatic nitrogens is 3. The van der Waals surface area contributed by atoms with Gasteiger partial charge in [0.25, 0.3) is 0 Å². The first-order chi connectivity index (χ1) is 15.8. The number of benzene rings is 1. The SMILES string of the molecule is COc1cccc(N2CCC(NCc3cccnc3)C2c2ccn3ccnc3c2)c1OC. The Morgan fingerprint density at radius 2 is 2.00 bits per heavy atom. The molecule has 0 spiro atoms. The van der Waals surface area contributed by atoms with E-state index in [2.05, 4.69) is 50.6 Å². The van der Waals surface area contributed by atoms with Crippen LogP contribution in [0.2, 0.25) is 0 Å². The summed E-state index contributed by atoms with van der Waals surface area (Å²) in [6, 6.07) is 14.9. The van der Waals surface area contributed by atoms with Gasteiger partial charge in [-0.3, -0.25) is 4.98 Å². The van der Waals surface area contributed by atoms with Crippen molar-refractivity contribution in [2.45, 2.75) is 25.0 Å². The van der Waals surface area contributed by atoms with Crippen molar-refractivity contribution in [1.29, 1.82) is 0 Å². The molecule has 1 saturated heterocycles. The number of rotatable bonds is 7. The Kier molecular flexibility index (Phi) is 5.64. The molecule has 0 amide bonds. The number of nitrogens with zero attached hydrogens (tertiary/aromatic N) is 4. The number of nitrogens with one attached hydrogen (secondary N) is 1. The van der Waals surface area contributed by atoms with E-state index in [9.17, 15) is 0 Å². The Hall–Kier alpha value is -3.58. The van der Waals surface area contributed by atoms with E-state index >= 15 is 0 Å². The summed E-state index contributed by atoms with van der Waals surface area (Å²) in [6.45, 7) is 1.67. The summed E-state index contributed by atoms with van der Waals surface area (Å²) in [7, 11) is 3.37. The van der Waals surface area contributed by atoms with Gasteiger partial charge in [0.15, 0.2) is 11.5 Å². The van der Waals surface area contributed by atoms with E-state index in [0.29, 0.717) is 0 Å². The van der Waals surface area contributed by atoms with Gasteiger partial charge in [-0.15, -0.1) is 0 Å². The van der Waals surface area contributed by atoms with E-state index in [1.807, 2.05) is 41.2 Å². The highest BCUT2D eigenvalue weighted by Gasteiger charge is 2.37. The van der Waals surface area contributed by atoms with Crippen LogP contribution in [0.3, 0.4) is 0 Å². The molecule has 0 saturated carbocycles. The van der Waals surface area contributed by atoms with Crippen LogP contribution in [0.5, 0.6) is 11.5 Å². The summed E-state index contributed by atoms with van der Waals surface area (Å²) in [5.74, 6) is 1.49. The van der Waals surface area contributed by atoms with Crippen molar-refractivity contribution in [3.05, 3.63) is 84.6 Å². The molecule has 164 valence electrons. The highest BCUT2D eigenvalue weighted by molar-refractivity contribution is 5.67. The van der Waals surface area contributed by atoms with Crippen LogP contribution < -0.4 is 19.7 Å². The molecule has 4 aromatic rings. The number of ether oxygens (including phenoxy) is 2. The third kappa shape index (κ3) is 3.76. The maximum atomic E-state index is 5.77. The van der Waals surface area contributed by atoms with Gasteiger partial charge in [0.1, 0.15) is 5.65 Å². The van der Waals surface area contributed by atoms with E-state index < -0.39 is 0 Å². The van der Waals surface area contributed by atoms with Crippen molar-refractivity contribution < 1.29 is 9.47 Å². The number of hydrogen-bond acceptors (Lipinski definition) is 6. The predicted octanol–water partition coefficient (Wildman–Crippen LogP) is 3.86. The molecule has 5 rings (SSSR count). The van der Waals surface area contributed by atoms with Gasteiger partial charge in [0.2, 0.25) is 0 Å². The number of para-hydroxylation sites is 1. The summed E-state index contributed by atoms with van der Waals surface area (Å²) in [4.78, 5) is 11.2. The fourth-order valence-electron chi connectivity index (χ4n) is 4.65. The molecule has 0 aliphatic carbocycles. The minimum absolute atomic E-state index is 0.120. The number of pyridine rings is 2. The van der Waals surface area contributed by atoms with Crippen LogP contribution in [0.1, 0.15) is 23.6 Å². The maximum Gasteiger partial charge on any atom is 0.184 e. The highest BCUT2D eigenvalue weighted by atomic mass is 16.5. The molecule has 2 unspecified atom stereocenters. The maximum absolute atomic E-state index is 5.77. The standard InChI is InChI=1S/C25H27N5O2/c1-31-22-7-3-6-21(25(22)32-2)30-13-9-20(28-17-18-5-4-10-26-16-18)24(30)19-8-12-29-14-11-27-23(29)15-19/h3-8,10-12,14-16,20,24,28H,9,13,17H2,1-2H3. The van der Waals surface area contributed by atoms with Gasteiger partial charge in [-0.2, -0.15) is 0 Å². The van der Waals surface area contributed by atoms with Crippen LogP contribution >= 0.6 is 0 Å². The monoisotopic (exact) mass is 429 g/mol. The molecule has 32 heavy (non-hydrogen) atoms. The Balaban J connectivity index is 1.52. The molecule has 1 aliphatic rings. The number of fused-ring (bicyclic) bond motifs is 1. The van der Waals surface area contributed by atoms with Gasteiger partial charge in [0, 0.05) is 50.1 Å². The number of anilines is 1. The molecule has 7 heteroatoms. The average Bonchev–Trinajstić information content (AvgIpc) is 3.49. The number of imidazole rings is 1. The topological polar surface area (TPSA) is 63.9 Å². The van der Waals surface area contributed by atoms with Gasteiger partial charge >= 0.3 is 0 Å². The smallest absolute Gasteiger partial charge is 0.184 e. The molecule has 1 N–H and O–H groups in total. The lowest BCUT2D eigenvalue weighted by atomic mass is 10.00. The van der Waals surface area contributed by atoms with Crippen molar-refractivity contribution in [1.82, 2.24) is 19.7 Å². The van der Waals surface area contributed by atoms with Gasteiger partial charge in [-0.05, 0) is 47.9 Å². The zero-order chi connectivity index (χ0) is 21.9. The van der Waals surface area contributed by atoms with Crippen molar-refractivity contribution in [3.8, 4) is 11.5 Å². The van der Waals surface area contributed by atoms with Crippen LogP contribution in [-0.2, 0) is 6.54 Å².